The molecule has 2 aromatic rings. The molecule has 3 heterocycles. The second-order valence-corrected chi connectivity index (χ2v) is 5.52. The van der Waals surface area contributed by atoms with Crippen molar-refractivity contribution >= 4 is 16.9 Å². The number of aliphatic hydroxyl groups excluding tert-OH is 1. The maximum absolute atomic E-state index is 12.3. The number of carbonyl (C=O) groups is 1. The van der Waals surface area contributed by atoms with Crippen molar-refractivity contribution in [3.05, 3.63) is 30.1 Å². The van der Waals surface area contributed by atoms with Crippen molar-refractivity contribution < 1.29 is 9.90 Å². The fourth-order valence-electron chi connectivity index (χ4n) is 2.84. The Morgan fingerprint density at radius 3 is 3.25 bits per heavy atom. The van der Waals surface area contributed by atoms with Crippen LogP contribution in [0.1, 0.15) is 18.9 Å². The Balaban J connectivity index is 1.70. The molecular weight excluding hydrogens is 254 g/mol. The van der Waals surface area contributed by atoms with Crippen molar-refractivity contribution in [2.24, 2.45) is 5.92 Å². The number of H-pyrrole nitrogens is 1. The number of hydrogen-bond donors (Lipinski definition) is 2. The molecule has 1 aliphatic heterocycles. The number of nitrogens with one attached hydrogen (secondary N) is 1. The summed E-state index contributed by atoms with van der Waals surface area (Å²) in [4.78, 5) is 21.5. The number of rotatable bonds is 3. The van der Waals surface area contributed by atoms with Crippen molar-refractivity contribution in [3.8, 4) is 0 Å². The fraction of sp³-hybridized carbons (Fsp3) is 0.467. The molecule has 5 heteroatoms. The van der Waals surface area contributed by atoms with Gasteiger partial charge in [-0.3, -0.25) is 4.79 Å². The number of carbonyl (C=O) groups excluding carboxylic acids is 1. The van der Waals surface area contributed by atoms with Crippen LogP contribution in [0, 0.1) is 5.92 Å². The first kappa shape index (κ1) is 13.1. The maximum atomic E-state index is 12.3. The number of likely N-dealkylation sites (tertiary alicyclic amines) is 1. The molecule has 2 unspecified atom stereocenters. The van der Waals surface area contributed by atoms with Crippen molar-refractivity contribution in [2.45, 2.75) is 25.9 Å². The van der Waals surface area contributed by atoms with Gasteiger partial charge < -0.3 is 15.0 Å². The molecular formula is C15H19N3O2. The number of hydrogen-bond acceptors (Lipinski definition) is 3. The summed E-state index contributed by atoms with van der Waals surface area (Å²) >= 11 is 0. The molecule has 1 amide bonds. The summed E-state index contributed by atoms with van der Waals surface area (Å²) in [5, 5.41) is 10.6. The lowest BCUT2D eigenvalue weighted by molar-refractivity contribution is -0.129. The monoisotopic (exact) mass is 273 g/mol. The summed E-state index contributed by atoms with van der Waals surface area (Å²) < 4.78 is 0. The van der Waals surface area contributed by atoms with Crippen molar-refractivity contribution in [3.63, 3.8) is 0 Å². The van der Waals surface area contributed by atoms with Crippen LogP contribution >= 0.6 is 0 Å². The first-order chi connectivity index (χ1) is 9.65. The zero-order valence-electron chi connectivity index (χ0n) is 11.5. The van der Waals surface area contributed by atoms with Gasteiger partial charge in [0.1, 0.15) is 5.65 Å². The van der Waals surface area contributed by atoms with Crippen LogP contribution in [0.4, 0.5) is 0 Å². The second-order valence-electron chi connectivity index (χ2n) is 5.52. The van der Waals surface area contributed by atoms with E-state index in [-0.39, 0.29) is 17.9 Å². The molecule has 0 saturated carbocycles. The van der Waals surface area contributed by atoms with Crippen molar-refractivity contribution in [1.82, 2.24) is 14.9 Å². The van der Waals surface area contributed by atoms with Crippen LogP contribution in [0.15, 0.2) is 24.5 Å². The van der Waals surface area contributed by atoms with Crippen LogP contribution in [-0.4, -0.2) is 45.1 Å². The largest absolute Gasteiger partial charge is 0.393 e. The highest BCUT2D eigenvalue weighted by molar-refractivity contribution is 5.87. The number of aromatic amines is 1. The molecule has 3 rings (SSSR count). The van der Waals surface area contributed by atoms with Gasteiger partial charge in [-0.15, -0.1) is 0 Å². The minimum Gasteiger partial charge on any atom is -0.393 e. The molecule has 0 aromatic carbocycles. The molecule has 2 aromatic heterocycles. The van der Waals surface area contributed by atoms with E-state index in [4.69, 9.17) is 0 Å². The Kier molecular flexibility index (Phi) is 3.44. The number of amides is 1. The third-order valence-corrected chi connectivity index (χ3v) is 4.14. The number of pyridine rings is 1. The summed E-state index contributed by atoms with van der Waals surface area (Å²) in [5.74, 6) is 0.335. The molecule has 2 atom stereocenters. The van der Waals surface area contributed by atoms with E-state index in [1.165, 1.54) is 0 Å². The van der Waals surface area contributed by atoms with E-state index in [1.54, 1.807) is 13.1 Å². The zero-order valence-corrected chi connectivity index (χ0v) is 11.5. The third-order valence-electron chi connectivity index (χ3n) is 4.14. The van der Waals surface area contributed by atoms with Gasteiger partial charge in [-0.25, -0.2) is 4.98 Å². The Bertz CT molecular complexity index is 620. The van der Waals surface area contributed by atoms with Crippen LogP contribution in [-0.2, 0) is 11.2 Å². The Morgan fingerprint density at radius 2 is 2.50 bits per heavy atom. The lowest BCUT2D eigenvalue weighted by atomic mass is 10.0. The SMILES string of the molecule is CC(O)C1CCN(C(=O)Cc2c[nH]c3ncccc23)C1. The van der Waals surface area contributed by atoms with Gasteiger partial charge in [0, 0.05) is 36.8 Å². The van der Waals surface area contributed by atoms with Gasteiger partial charge in [0.15, 0.2) is 0 Å². The van der Waals surface area contributed by atoms with Crippen LogP contribution in [0.3, 0.4) is 0 Å². The molecule has 106 valence electrons. The van der Waals surface area contributed by atoms with Gasteiger partial charge in [0.2, 0.25) is 5.91 Å². The normalized spacial score (nSPS) is 20.5. The quantitative estimate of drug-likeness (QED) is 0.886. The van der Waals surface area contributed by atoms with E-state index in [1.807, 2.05) is 23.2 Å². The smallest absolute Gasteiger partial charge is 0.227 e. The minimum absolute atomic E-state index is 0.123. The molecule has 5 nitrogen and oxygen atoms in total. The first-order valence-corrected chi connectivity index (χ1v) is 7.02. The molecule has 1 saturated heterocycles. The van der Waals surface area contributed by atoms with E-state index >= 15 is 0 Å². The second kappa shape index (κ2) is 5.25. The van der Waals surface area contributed by atoms with Crippen molar-refractivity contribution in [2.75, 3.05) is 13.1 Å². The van der Waals surface area contributed by atoms with E-state index < -0.39 is 0 Å². The predicted molar refractivity (Wildman–Crippen MR) is 76.2 cm³/mol. The Labute approximate surface area is 117 Å². The summed E-state index contributed by atoms with van der Waals surface area (Å²) in [6, 6.07) is 3.85. The molecule has 2 N–H and O–H groups in total. The Morgan fingerprint density at radius 1 is 1.65 bits per heavy atom. The fourth-order valence-corrected chi connectivity index (χ4v) is 2.84. The van der Waals surface area contributed by atoms with E-state index in [9.17, 15) is 9.90 Å². The predicted octanol–water partition coefficient (Wildman–Crippen LogP) is 1.33. The number of fused-ring (bicyclic) bond motifs is 1. The average molecular weight is 273 g/mol. The first-order valence-electron chi connectivity index (χ1n) is 7.02. The summed E-state index contributed by atoms with van der Waals surface area (Å²) in [6.45, 7) is 3.20. The number of nitrogens with zero attached hydrogens (tertiary/aromatic N) is 2. The molecule has 0 bridgehead atoms. The maximum Gasteiger partial charge on any atom is 0.227 e. The van der Waals surface area contributed by atoms with Gasteiger partial charge in [0.05, 0.1) is 12.5 Å². The summed E-state index contributed by atoms with van der Waals surface area (Å²) in [6.07, 6.45) is 4.53. The van der Waals surface area contributed by atoms with Gasteiger partial charge in [-0.2, -0.15) is 0 Å². The highest BCUT2D eigenvalue weighted by atomic mass is 16.3. The molecule has 1 aliphatic rings. The lowest BCUT2D eigenvalue weighted by Crippen LogP contribution is -2.31. The summed E-state index contributed by atoms with van der Waals surface area (Å²) in [7, 11) is 0. The molecule has 0 radical (unpaired) electrons. The van der Waals surface area contributed by atoms with E-state index in [0.717, 1.165) is 29.6 Å². The molecule has 0 spiro atoms. The van der Waals surface area contributed by atoms with Gasteiger partial charge in [-0.1, -0.05) is 0 Å². The standard InChI is InChI=1S/C15H19N3O2/c1-10(19)11-4-6-18(9-11)14(20)7-12-8-17-15-13(12)3-2-5-16-15/h2-3,5,8,10-11,19H,4,6-7,9H2,1H3,(H,16,17). The van der Waals surface area contributed by atoms with Crippen LogP contribution in [0.2, 0.25) is 0 Å². The van der Waals surface area contributed by atoms with Crippen LogP contribution < -0.4 is 0 Å². The highest BCUT2D eigenvalue weighted by Crippen LogP contribution is 2.22. The topological polar surface area (TPSA) is 69.2 Å². The van der Waals surface area contributed by atoms with E-state index in [0.29, 0.717) is 13.0 Å². The zero-order chi connectivity index (χ0) is 14.1. The van der Waals surface area contributed by atoms with Gasteiger partial charge >= 0.3 is 0 Å². The van der Waals surface area contributed by atoms with Crippen LogP contribution in [0.25, 0.3) is 11.0 Å². The summed E-state index contributed by atoms with van der Waals surface area (Å²) in [5.41, 5.74) is 1.80. The van der Waals surface area contributed by atoms with Gasteiger partial charge in [0.25, 0.3) is 0 Å². The average Bonchev–Trinajstić information content (AvgIpc) is 3.06. The van der Waals surface area contributed by atoms with Crippen LogP contribution in [0.5, 0.6) is 0 Å². The third kappa shape index (κ3) is 2.41. The molecule has 0 aliphatic carbocycles. The van der Waals surface area contributed by atoms with Gasteiger partial charge in [-0.05, 0) is 31.0 Å². The van der Waals surface area contributed by atoms with Crippen molar-refractivity contribution in [1.29, 1.82) is 0 Å². The van der Waals surface area contributed by atoms with E-state index in [2.05, 4.69) is 9.97 Å². The number of aliphatic hydroxyl groups is 1. The molecule has 1 fully saturated rings. The lowest BCUT2D eigenvalue weighted by Gasteiger charge is -2.17. The molecule has 20 heavy (non-hydrogen) atoms. The minimum atomic E-state index is -0.343. The number of aromatic nitrogens is 2. The Hall–Kier alpha value is -1.88. The highest BCUT2D eigenvalue weighted by Gasteiger charge is 2.29.